The van der Waals surface area contributed by atoms with Crippen LogP contribution in [0.5, 0.6) is 0 Å². The van der Waals surface area contributed by atoms with Gasteiger partial charge in [0.2, 0.25) is 5.91 Å². The van der Waals surface area contributed by atoms with Crippen LogP contribution in [0.3, 0.4) is 0 Å². The summed E-state index contributed by atoms with van der Waals surface area (Å²) in [5, 5.41) is 2.96. The van der Waals surface area contributed by atoms with Gasteiger partial charge in [0.25, 0.3) is 0 Å². The lowest BCUT2D eigenvalue weighted by Crippen LogP contribution is -2.11. The summed E-state index contributed by atoms with van der Waals surface area (Å²) in [6, 6.07) is 6.06. The van der Waals surface area contributed by atoms with Crippen molar-refractivity contribution in [1.82, 2.24) is 0 Å². The molecule has 0 fully saturated rings. The maximum atomic E-state index is 11.8. The molecule has 82 valence electrons. The second kappa shape index (κ2) is 4.40. The summed E-state index contributed by atoms with van der Waals surface area (Å²) < 4.78 is 0. The topological polar surface area (TPSA) is 29.1 Å². The van der Waals surface area contributed by atoms with Gasteiger partial charge in [-0.25, -0.2) is 0 Å². The standard InChI is InChI=1S/C14H15NO/c1-3-4-5-8-12-11-9-6-7-10(2)13(11)15-14(12)16/h6-7,9,12H,5,8H2,1-2H3,(H,15,16). The molecule has 2 heteroatoms. The summed E-state index contributed by atoms with van der Waals surface area (Å²) in [4.78, 5) is 11.8. The number of para-hydroxylation sites is 1. The van der Waals surface area contributed by atoms with Crippen molar-refractivity contribution in [2.75, 3.05) is 5.32 Å². The van der Waals surface area contributed by atoms with Gasteiger partial charge in [0, 0.05) is 12.1 Å². The summed E-state index contributed by atoms with van der Waals surface area (Å²) in [5.41, 5.74) is 3.26. The van der Waals surface area contributed by atoms with Crippen molar-refractivity contribution < 1.29 is 4.79 Å². The van der Waals surface area contributed by atoms with Crippen LogP contribution in [0.4, 0.5) is 5.69 Å². The first kappa shape index (κ1) is 10.8. The van der Waals surface area contributed by atoms with Crippen LogP contribution in [0.1, 0.15) is 36.8 Å². The predicted molar refractivity (Wildman–Crippen MR) is 65.2 cm³/mol. The lowest BCUT2D eigenvalue weighted by atomic mass is 9.94. The molecule has 1 aromatic rings. The van der Waals surface area contributed by atoms with E-state index in [9.17, 15) is 4.79 Å². The molecule has 1 atom stereocenters. The molecule has 1 N–H and O–H groups in total. The van der Waals surface area contributed by atoms with Gasteiger partial charge >= 0.3 is 0 Å². The number of rotatable bonds is 2. The average Bonchev–Trinajstić information content (AvgIpc) is 2.58. The molecular formula is C14H15NO. The summed E-state index contributed by atoms with van der Waals surface area (Å²) in [5.74, 6) is 5.97. The van der Waals surface area contributed by atoms with Crippen molar-refractivity contribution in [2.24, 2.45) is 0 Å². The minimum Gasteiger partial charge on any atom is -0.325 e. The van der Waals surface area contributed by atoms with Crippen LogP contribution in [0.15, 0.2) is 18.2 Å². The minimum absolute atomic E-state index is 0.0178. The van der Waals surface area contributed by atoms with Crippen LogP contribution in [0.25, 0.3) is 0 Å². The summed E-state index contributed by atoms with van der Waals surface area (Å²) in [7, 11) is 0. The molecule has 0 saturated heterocycles. The highest BCUT2D eigenvalue weighted by Gasteiger charge is 2.30. The number of benzene rings is 1. The highest BCUT2D eigenvalue weighted by atomic mass is 16.2. The van der Waals surface area contributed by atoms with E-state index in [2.05, 4.69) is 17.2 Å². The molecule has 1 aromatic carbocycles. The molecule has 0 aromatic heterocycles. The number of carbonyl (C=O) groups is 1. The predicted octanol–water partition coefficient (Wildman–Crippen LogP) is 2.83. The van der Waals surface area contributed by atoms with Crippen molar-refractivity contribution in [1.29, 1.82) is 0 Å². The number of fused-ring (bicyclic) bond motifs is 1. The van der Waals surface area contributed by atoms with Crippen LogP contribution >= 0.6 is 0 Å². The molecule has 0 aliphatic carbocycles. The van der Waals surface area contributed by atoms with Crippen molar-refractivity contribution >= 4 is 11.6 Å². The third-order valence-corrected chi connectivity index (χ3v) is 2.98. The van der Waals surface area contributed by atoms with Crippen molar-refractivity contribution in [3.63, 3.8) is 0 Å². The molecule has 0 saturated carbocycles. The first-order valence-electron chi connectivity index (χ1n) is 5.54. The van der Waals surface area contributed by atoms with Crippen molar-refractivity contribution in [3.8, 4) is 11.8 Å². The third-order valence-electron chi connectivity index (χ3n) is 2.98. The summed E-state index contributed by atoms with van der Waals surface area (Å²) in [6.45, 7) is 3.85. The number of anilines is 1. The molecule has 1 aliphatic rings. The highest BCUT2D eigenvalue weighted by Crippen LogP contribution is 2.37. The average molecular weight is 213 g/mol. The second-order valence-electron chi connectivity index (χ2n) is 4.05. The zero-order valence-electron chi connectivity index (χ0n) is 9.63. The molecule has 0 radical (unpaired) electrons. The maximum Gasteiger partial charge on any atom is 0.232 e. The number of hydrogen-bond donors (Lipinski definition) is 1. The lowest BCUT2D eigenvalue weighted by molar-refractivity contribution is -0.117. The monoisotopic (exact) mass is 213 g/mol. The van der Waals surface area contributed by atoms with Gasteiger partial charge in [-0.1, -0.05) is 18.2 Å². The molecule has 1 amide bonds. The Kier molecular flexibility index (Phi) is 2.96. The van der Waals surface area contributed by atoms with Crippen LogP contribution in [-0.2, 0) is 4.79 Å². The molecule has 2 rings (SSSR count). The van der Waals surface area contributed by atoms with Crippen LogP contribution < -0.4 is 5.32 Å². The Morgan fingerprint density at radius 3 is 3.00 bits per heavy atom. The SMILES string of the molecule is CC#CCCC1C(=O)Nc2c(C)cccc21. The Labute approximate surface area is 96.1 Å². The quantitative estimate of drug-likeness (QED) is 0.752. The molecule has 1 heterocycles. The smallest absolute Gasteiger partial charge is 0.232 e. The normalized spacial score (nSPS) is 17.4. The largest absolute Gasteiger partial charge is 0.325 e. The van der Waals surface area contributed by atoms with Crippen molar-refractivity contribution in [2.45, 2.75) is 32.6 Å². The molecular weight excluding hydrogens is 198 g/mol. The van der Waals surface area contributed by atoms with E-state index in [0.717, 1.165) is 29.7 Å². The molecule has 2 nitrogen and oxygen atoms in total. The second-order valence-corrected chi connectivity index (χ2v) is 4.05. The highest BCUT2D eigenvalue weighted by molar-refractivity contribution is 6.03. The van der Waals surface area contributed by atoms with Gasteiger partial charge in [0.05, 0.1) is 5.92 Å². The van der Waals surface area contributed by atoms with E-state index in [4.69, 9.17) is 0 Å². The number of nitrogens with one attached hydrogen (secondary N) is 1. The van der Waals surface area contributed by atoms with E-state index in [1.54, 1.807) is 0 Å². The van der Waals surface area contributed by atoms with E-state index in [-0.39, 0.29) is 11.8 Å². The Balaban J connectivity index is 2.25. The van der Waals surface area contributed by atoms with Gasteiger partial charge in [0.1, 0.15) is 0 Å². The molecule has 0 spiro atoms. The van der Waals surface area contributed by atoms with E-state index in [1.807, 2.05) is 32.0 Å². The fourth-order valence-electron chi connectivity index (χ4n) is 2.13. The lowest BCUT2D eigenvalue weighted by Gasteiger charge is -2.06. The molecule has 1 aliphatic heterocycles. The first-order chi connectivity index (χ1) is 7.74. The van der Waals surface area contributed by atoms with Gasteiger partial charge in [0.15, 0.2) is 0 Å². The Hall–Kier alpha value is -1.75. The van der Waals surface area contributed by atoms with Crippen LogP contribution in [0, 0.1) is 18.8 Å². The van der Waals surface area contributed by atoms with Gasteiger partial charge in [-0.05, 0) is 31.4 Å². The molecule has 16 heavy (non-hydrogen) atoms. The number of carbonyl (C=O) groups excluding carboxylic acids is 1. The fraction of sp³-hybridized carbons (Fsp3) is 0.357. The number of amides is 1. The first-order valence-corrected chi connectivity index (χ1v) is 5.54. The van der Waals surface area contributed by atoms with Crippen LogP contribution in [0.2, 0.25) is 0 Å². The fourth-order valence-corrected chi connectivity index (χ4v) is 2.13. The summed E-state index contributed by atoms with van der Waals surface area (Å²) in [6.07, 6.45) is 1.59. The summed E-state index contributed by atoms with van der Waals surface area (Å²) >= 11 is 0. The Morgan fingerprint density at radius 1 is 1.44 bits per heavy atom. The Bertz CT molecular complexity index is 479. The Morgan fingerprint density at radius 2 is 2.25 bits per heavy atom. The van der Waals surface area contributed by atoms with E-state index in [1.165, 1.54) is 0 Å². The van der Waals surface area contributed by atoms with Crippen molar-refractivity contribution in [3.05, 3.63) is 29.3 Å². The van der Waals surface area contributed by atoms with Gasteiger partial charge in [-0.15, -0.1) is 11.8 Å². The van der Waals surface area contributed by atoms with Gasteiger partial charge in [-0.2, -0.15) is 0 Å². The maximum absolute atomic E-state index is 11.8. The van der Waals surface area contributed by atoms with Crippen LogP contribution in [-0.4, -0.2) is 5.91 Å². The third kappa shape index (κ3) is 1.81. The molecule has 1 unspecified atom stereocenters. The van der Waals surface area contributed by atoms with Gasteiger partial charge < -0.3 is 5.32 Å². The van der Waals surface area contributed by atoms with E-state index < -0.39 is 0 Å². The number of aryl methyl sites for hydroxylation is 1. The van der Waals surface area contributed by atoms with Gasteiger partial charge in [-0.3, -0.25) is 4.79 Å². The zero-order chi connectivity index (χ0) is 11.5. The minimum atomic E-state index is -0.0178. The number of hydrogen-bond acceptors (Lipinski definition) is 1. The van der Waals surface area contributed by atoms with E-state index >= 15 is 0 Å². The van der Waals surface area contributed by atoms with E-state index in [0.29, 0.717) is 0 Å². The molecule has 0 bridgehead atoms. The zero-order valence-corrected chi connectivity index (χ0v) is 9.63.